The van der Waals surface area contributed by atoms with Gasteiger partial charge in [-0.05, 0) is 60.8 Å². The molecule has 0 aliphatic rings. The lowest BCUT2D eigenvalue weighted by Gasteiger charge is -2.23. The van der Waals surface area contributed by atoms with E-state index in [1.165, 1.54) is 6.92 Å². The average Bonchev–Trinajstić information content (AvgIpc) is 2.54. The fraction of sp³-hybridized carbons (Fsp3) is 0.800. The molecule has 0 aromatic carbocycles. The highest BCUT2D eigenvalue weighted by Crippen LogP contribution is 2.09. The first-order valence-corrected chi connectivity index (χ1v) is 10.1. The van der Waals surface area contributed by atoms with Crippen LogP contribution in [0.1, 0.15) is 67.7 Å². The van der Waals surface area contributed by atoms with Crippen LogP contribution >= 0.6 is 0 Å². The maximum absolute atomic E-state index is 12.4. The van der Waals surface area contributed by atoms with Gasteiger partial charge in [0.15, 0.2) is 0 Å². The van der Waals surface area contributed by atoms with Crippen molar-refractivity contribution in [3.8, 4) is 0 Å². The Morgan fingerprint density at radius 3 is 1.90 bits per heavy atom. The largest absolute Gasteiger partial charge is 0.481 e. The highest BCUT2D eigenvalue weighted by Gasteiger charge is 2.25. The first kappa shape index (κ1) is 27.5. The summed E-state index contributed by atoms with van der Waals surface area (Å²) < 4.78 is 10.3. The van der Waals surface area contributed by atoms with Crippen molar-refractivity contribution in [2.24, 2.45) is 5.92 Å². The Bertz CT molecular complexity index is 594. The molecule has 0 saturated carbocycles. The number of hydrogen-bond acceptors (Lipinski definition) is 6. The molecule has 10 nitrogen and oxygen atoms in total. The Morgan fingerprint density at radius 2 is 1.40 bits per heavy atom. The SMILES string of the molecule is C[C@@H](CNC(=O)C(CCCCNC(=O)OC(C)(C)C)NC(=O)OC(C)(C)C)C(=O)O. The molecule has 0 aliphatic carbocycles. The van der Waals surface area contributed by atoms with E-state index in [2.05, 4.69) is 16.0 Å². The van der Waals surface area contributed by atoms with Crippen LogP contribution in [-0.2, 0) is 19.1 Å². The molecular formula is C20H37N3O7. The van der Waals surface area contributed by atoms with Crippen molar-refractivity contribution in [2.45, 2.75) is 85.0 Å². The van der Waals surface area contributed by atoms with E-state index in [9.17, 15) is 19.2 Å². The maximum atomic E-state index is 12.4. The number of ether oxygens (including phenoxy) is 2. The minimum absolute atomic E-state index is 0.0547. The molecule has 0 spiro atoms. The molecule has 0 aromatic heterocycles. The summed E-state index contributed by atoms with van der Waals surface area (Å²) in [5.41, 5.74) is -1.31. The van der Waals surface area contributed by atoms with Crippen LogP contribution in [0, 0.1) is 5.92 Å². The third-order valence-electron chi connectivity index (χ3n) is 3.60. The van der Waals surface area contributed by atoms with E-state index < -0.39 is 47.2 Å². The molecule has 10 heteroatoms. The topological polar surface area (TPSA) is 143 Å². The summed E-state index contributed by atoms with van der Waals surface area (Å²) in [6.45, 7) is 12.2. The molecule has 0 fully saturated rings. The molecule has 0 heterocycles. The summed E-state index contributed by atoms with van der Waals surface area (Å²) in [7, 11) is 0. The number of carbonyl (C=O) groups is 4. The first-order valence-electron chi connectivity index (χ1n) is 10.1. The fourth-order valence-corrected chi connectivity index (χ4v) is 2.16. The zero-order valence-electron chi connectivity index (χ0n) is 19.1. The van der Waals surface area contributed by atoms with Crippen LogP contribution < -0.4 is 16.0 Å². The second-order valence-corrected chi connectivity index (χ2v) is 9.11. The van der Waals surface area contributed by atoms with Gasteiger partial charge in [0.05, 0.1) is 5.92 Å². The molecule has 0 saturated heterocycles. The second-order valence-electron chi connectivity index (χ2n) is 9.11. The van der Waals surface area contributed by atoms with Crippen LogP contribution in [0.3, 0.4) is 0 Å². The van der Waals surface area contributed by atoms with Crippen molar-refractivity contribution < 1.29 is 33.8 Å². The smallest absolute Gasteiger partial charge is 0.408 e. The van der Waals surface area contributed by atoms with E-state index in [0.717, 1.165) is 0 Å². The van der Waals surface area contributed by atoms with Crippen LogP contribution in [0.2, 0.25) is 0 Å². The standard InChI is InChI=1S/C20H37N3O7/c1-13(16(25)26)12-22-15(24)14(23-18(28)30-20(5,6)7)10-8-9-11-21-17(27)29-19(2,3)4/h13-14H,8-12H2,1-7H3,(H,21,27)(H,22,24)(H,23,28)(H,25,26)/t13-,14?/m0/s1. The van der Waals surface area contributed by atoms with Gasteiger partial charge in [-0.2, -0.15) is 0 Å². The highest BCUT2D eigenvalue weighted by molar-refractivity contribution is 5.86. The van der Waals surface area contributed by atoms with Crippen LogP contribution in [0.15, 0.2) is 0 Å². The highest BCUT2D eigenvalue weighted by atomic mass is 16.6. The number of rotatable bonds is 10. The van der Waals surface area contributed by atoms with Crippen molar-refractivity contribution in [3.63, 3.8) is 0 Å². The average molecular weight is 432 g/mol. The van der Waals surface area contributed by atoms with Crippen LogP contribution in [-0.4, -0.2) is 59.5 Å². The Morgan fingerprint density at radius 1 is 0.867 bits per heavy atom. The summed E-state index contributed by atoms with van der Waals surface area (Å²) in [5.74, 6) is -2.27. The number of alkyl carbamates (subject to hydrolysis) is 2. The van der Waals surface area contributed by atoms with Crippen LogP contribution in [0.5, 0.6) is 0 Å². The molecule has 0 radical (unpaired) electrons. The fourth-order valence-electron chi connectivity index (χ4n) is 2.16. The van der Waals surface area contributed by atoms with Crippen LogP contribution in [0.4, 0.5) is 9.59 Å². The Hall–Kier alpha value is -2.52. The lowest BCUT2D eigenvalue weighted by Crippen LogP contribution is -2.49. The zero-order valence-corrected chi connectivity index (χ0v) is 19.1. The van der Waals surface area contributed by atoms with Gasteiger partial charge < -0.3 is 30.5 Å². The summed E-state index contributed by atoms with van der Waals surface area (Å²) in [6.07, 6.45) is 0.123. The van der Waals surface area contributed by atoms with E-state index in [1.54, 1.807) is 41.5 Å². The van der Waals surface area contributed by atoms with Gasteiger partial charge in [-0.15, -0.1) is 0 Å². The summed E-state index contributed by atoms with van der Waals surface area (Å²) >= 11 is 0. The van der Waals surface area contributed by atoms with Gasteiger partial charge in [0.2, 0.25) is 5.91 Å². The van der Waals surface area contributed by atoms with E-state index in [-0.39, 0.29) is 6.54 Å². The summed E-state index contributed by atoms with van der Waals surface area (Å²) in [4.78, 5) is 47.0. The molecule has 2 atom stereocenters. The molecule has 174 valence electrons. The lowest BCUT2D eigenvalue weighted by atomic mass is 10.1. The van der Waals surface area contributed by atoms with Gasteiger partial charge >= 0.3 is 18.2 Å². The number of carboxylic acids is 1. The minimum atomic E-state index is -1.03. The predicted molar refractivity (Wildman–Crippen MR) is 111 cm³/mol. The molecule has 4 N–H and O–H groups in total. The molecule has 0 aliphatic heterocycles. The monoisotopic (exact) mass is 431 g/mol. The number of hydrogen-bond donors (Lipinski definition) is 4. The van der Waals surface area contributed by atoms with E-state index >= 15 is 0 Å². The van der Waals surface area contributed by atoms with Gasteiger partial charge in [0.25, 0.3) is 0 Å². The lowest BCUT2D eigenvalue weighted by molar-refractivity contribution is -0.141. The molecular weight excluding hydrogens is 394 g/mol. The van der Waals surface area contributed by atoms with E-state index in [4.69, 9.17) is 14.6 Å². The van der Waals surface area contributed by atoms with Crippen molar-refractivity contribution in [3.05, 3.63) is 0 Å². The number of aliphatic carboxylic acids is 1. The Labute approximate surface area is 178 Å². The van der Waals surface area contributed by atoms with Crippen molar-refractivity contribution in [1.29, 1.82) is 0 Å². The summed E-state index contributed by atoms with van der Waals surface area (Å²) in [5, 5.41) is 16.6. The quantitative estimate of drug-likeness (QED) is 0.389. The molecule has 0 rings (SSSR count). The van der Waals surface area contributed by atoms with Crippen molar-refractivity contribution in [2.75, 3.05) is 13.1 Å². The van der Waals surface area contributed by atoms with Crippen molar-refractivity contribution >= 4 is 24.1 Å². The third-order valence-corrected chi connectivity index (χ3v) is 3.60. The van der Waals surface area contributed by atoms with Gasteiger partial charge in [0.1, 0.15) is 17.2 Å². The molecule has 30 heavy (non-hydrogen) atoms. The van der Waals surface area contributed by atoms with Gasteiger partial charge in [-0.25, -0.2) is 9.59 Å². The molecule has 3 amide bonds. The van der Waals surface area contributed by atoms with Gasteiger partial charge in [0, 0.05) is 13.1 Å². The number of carboxylic acid groups (broad SMARTS) is 1. The number of unbranched alkanes of at least 4 members (excludes halogenated alkanes) is 1. The molecule has 0 bridgehead atoms. The number of nitrogens with one attached hydrogen (secondary N) is 3. The van der Waals surface area contributed by atoms with Gasteiger partial charge in [-0.1, -0.05) is 6.92 Å². The first-order chi connectivity index (χ1) is 13.6. The zero-order chi connectivity index (χ0) is 23.5. The molecule has 1 unspecified atom stereocenters. The molecule has 0 aromatic rings. The third kappa shape index (κ3) is 14.5. The second kappa shape index (κ2) is 12.2. The predicted octanol–water partition coefficient (Wildman–Crippen LogP) is 2.41. The number of amides is 3. The Balaban J connectivity index is 4.65. The van der Waals surface area contributed by atoms with E-state index in [1.807, 2.05) is 0 Å². The summed E-state index contributed by atoms with van der Waals surface area (Å²) in [6, 6.07) is -0.887. The Kier molecular flexibility index (Phi) is 11.2. The minimum Gasteiger partial charge on any atom is -0.481 e. The maximum Gasteiger partial charge on any atom is 0.408 e. The number of carbonyl (C=O) groups excluding carboxylic acids is 3. The van der Waals surface area contributed by atoms with E-state index in [0.29, 0.717) is 25.8 Å². The van der Waals surface area contributed by atoms with Crippen LogP contribution in [0.25, 0.3) is 0 Å². The normalized spacial score (nSPS) is 13.6. The van der Waals surface area contributed by atoms with Crippen molar-refractivity contribution in [1.82, 2.24) is 16.0 Å². The van der Waals surface area contributed by atoms with Gasteiger partial charge in [-0.3, -0.25) is 9.59 Å².